The molecule has 158 valence electrons. The normalized spacial score (nSPS) is 21.0. The Hall–Kier alpha value is -0.860. The maximum atomic E-state index is 5.65. The molecule has 5 nitrogen and oxygen atoms in total. The molecule has 0 aliphatic carbocycles. The summed E-state index contributed by atoms with van der Waals surface area (Å²) < 4.78 is 5.65. The Morgan fingerprint density at radius 3 is 2.39 bits per heavy atom. The molecule has 0 aromatic heterocycles. The van der Waals surface area contributed by atoms with Gasteiger partial charge in [-0.2, -0.15) is 0 Å². The lowest BCUT2D eigenvalue weighted by molar-refractivity contribution is -0.0164. The molecule has 2 fully saturated rings. The van der Waals surface area contributed by atoms with E-state index in [9.17, 15) is 0 Å². The standard InChI is InChI=1S/C22H36N4O.HI/c1-18-6-8-20(9-7-18)19(2)16-24-21(23-3)25-17-22(10-14-27-15-11-22)26-12-4-5-13-26;/h6-9,19H,4-5,10-17H2,1-3H3,(H2,23,24,25);1H. The van der Waals surface area contributed by atoms with Crippen LogP contribution in [0.25, 0.3) is 0 Å². The van der Waals surface area contributed by atoms with Crippen molar-refractivity contribution in [3.05, 3.63) is 35.4 Å². The highest BCUT2D eigenvalue weighted by Crippen LogP contribution is 2.30. The minimum Gasteiger partial charge on any atom is -0.381 e. The van der Waals surface area contributed by atoms with E-state index in [4.69, 9.17) is 4.74 Å². The molecule has 2 heterocycles. The third kappa shape index (κ3) is 6.07. The Labute approximate surface area is 187 Å². The summed E-state index contributed by atoms with van der Waals surface area (Å²) in [4.78, 5) is 7.14. The molecule has 1 aromatic carbocycles. The van der Waals surface area contributed by atoms with Crippen molar-refractivity contribution in [1.82, 2.24) is 15.5 Å². The predicted molar refractivity (Wildman–Crippen MR) is 128 cm³/mol. The van der Waals surface area contributed by atoms with Crippen LogP contribution >= 0.6 is 24.0 Å². The summed E-state index contributed by atoms with van der Waals surface area (Å²) in [6.45, 7) is 10.4. The molecule has 0 spiro atoms. The SMILES string of the molecule is CN=C(NCC(C)c1ccc(C)cc1)NCC1(N2CCCC2)CCOCC1.I. The van der Waals surface area contributed by atoms with Crippen molar-refractivity contribution in [2.24, 2.45) is 4.99 Å². The van der Waals surface area contributed by atoms with E-state index in [1.807, 2.05) is 7.05 Å². The van der Waals surface area contributed by atoms with Gasteiger partial charge in [-0.15, -0.1) is 24.0 Å². The van der Waals surface area contributed by atoms with Gasteiger partial charge >= 0.3 is 0 Å². The summed E-state index contributed by atoms with van der Waals surface area (Å²) in [5, 5.41) is 7.13. The first-order chi connectivity index (χ1) is 13.1. The van der Waals surface area contributed by atoms with Crippen molar-refractivity contribution in [2.45, 2.75) is 51.0 Å². The van der Waals surface area contributed by atoms with Crippen LogP contribution in [0.3, 0.4) is 0 Å². The molecule has 28 heavy (non-hydrogen) atoms. The number of hydrogen-bond acceptors (Lipinski definition) is 3. The van der Waals surface area contributed by atoms with E-state index in [1.54, 1.807) is 0 Å². The number of guanidine groups is 1. The van der Waals surface area contributed by atoms with Crippen LogP contribution in [0.15, 0.2) is 29.3 Å². The van der Waals surface area contributed by atoms with Gasteiger partial charge in [0.2, 0.25) is 0 Å². The van der Waals surface area contributed by atoms with E-state index in [-0.39, 0.29) is 29.5 Å². The Morgan fingerprint density at radius 2 is 1.79 bits per heavy atom. The highest BCUT2D eigenvalue weighted by molar-refractivity contribution is 14.0. The lowest BCUT2D eigenvalue weighted by atomic mass is 9.88. The molecule has 1 atom stereocenters. The Kier molecular flexibility index (Phi) is 9.50. The second-order valence-corrected chi connectivity index (χ2v) is 8.15. The van der Waals surface area contributed by atoms with E-state index in [1.165, 1.54) is 37.1 Å². The van der Waals surface area contributed by atoms with Crippen molar-refractivity contribution in [2.75, 3.05) is 46.4 Å². The molecular weight excluding hydrogens is 463 g/mol. The van der Waals surface area contributed by atoms with Gasteiger partial charge in [0.15, 0.2) is 5.96 Å². The third-order valence-corrected chi connectivity index (χ3v) is 6.23. The first-order valence-corrected chi connectivity index (χ1v) is 10.5. The fraction of sp³-hybridized carbons (Fsp3) is 0.682. The van der Waals surface area contributed by atoms with Crippen LogP contribution in [0.5, 0.6) is 0 Å². The number of ether oxygens (including phenoxy) is 1. The topological polar surface area (TPSA) is 48.9 Å². The van der Waals surface area contributed by atoms with E-state index < -0.39 is 0 Å². The van der Waals surface area contributed by atoms with E-state index >= 15 is 0 Å². The highest BCUT2D eigenvalue weighted by atomic mass is 127. The molecule has 6 heteroatoms. The molecule has 0 saturated carbocycles. The molecule has 1 unspecified atom stereocenters. The van der Waals surface area contributed by atoms with Crippen molar-refractivity contribution in [3.63, 3.8) is 0 Å². The van der Waals surface area contributed by atoms with Crippen LogP contribution in [0.2, 0.25) is 0 Å². The average molecular weight is 500 g/mol. The number of benzene rings is 1. The number of nitrogens with zero attached hydrogens (tertiary/aromatic N) is 2. The quantitative estimate of drug-likeness (QED) is 0.357. The minimum atomic E-state index is 0. The molecule has 0 radical (unpaired) electrons. The van der Waals surface area contributed by atoms with Crippen molar-refractivity contribution in [1.29, 1.82) is 0 Å². The molecule has 2 aliphatic rings. The second kappa shape index (κ2) is 11.4. The average Bonchev–Trinajstić information content (AvgIpc) is 3.25. The number of aryl methyl sites for hydroxylation is 1. The number of likely N-dealkylation sites (tertiary alicyclic amines) is 1. The van der Waals surface area contributed by atoms with Gasteiger partial charge in [-0.3, -0.25) is 9.89 Å². The van der Waals surface area contributed by atoms with Crippen LogP contribution in [-0.2, 0) is 4.74 Å². The summed E-state index contributed by atoms with van der Waals surface area (Å²) in [6, 6.07) is 8.82. The van der Waals surface area contributed by atoms with Gasteiger partial charge in [0.25, 0.3) is 0 Å². The first-order valence-electron chi connectivity index (χ1n) is 10.5. The van der Waals surface area contributed by atoms with E-state index in [0.717, 1.165) is 45.1 Å². The van der Waals surface area contributed by atoms with Gasteiger partial charge in [0, 0.05) is 38.9 Å². The molecule has 2 saturated heterocycles. The molecular formula is C22H37IN4O. The number of halogens is 1. The molecule has 2 N–H and O–H groups in total. The lowest BCUT2D eigenvalue weighted by Gasteiger charge is -2.45. The van der Waals surface area contributed by atoms with Crippen molar-refractivity contribution >= 4 is 29.9 Å². The summed E-state index contributed by atoms with van der Waals surface area (Å²) in [6.07, 6.45) is 4.86. The van der Waals surface area contributed by atoms with Gasteiger partial charge < -0.3 is 15.4 Å². The van der Waals surface area contributed by atoms with Gasteiger partial charge in [-0.05, 0) is 57.2 Å². The molecule has 0 amide bonds. The highest BCUT2D eigenvalue weighted by Gasteiger charge is 2.39. The fourth-order valence-corrected chi connectivity index (χ4v) is 4.28. The zero-order chi connectivity index (χ0) is 19.1. The second-order valence-electron chi connectivity index (χ2n) is 8.15. The first kappa shape index (κ1) is 23.4. The molecule has 1 aromatic rings. The van der Waals surface area contributed by atoms with E-state index in [0.29, 0.717) is 5.92 Å². The minimum absolute atomic E-state index is 0. The van der Waals surface area contributed by atoms with Gasteiger partial charge in [0.1, 0.15) is 0 Å². The largest absolute Gasteiger partial charge is 0.381 e. The summed E-state index contributed by atoms with van der Waals surface area (Å²) in [5.41, 5.74) is 2.89. The maximum Gasteiger partial charge on any atom is 0.191 e. The molecule has 2 aliphatic heterocycles. The van der Waals surface area contributed by atoms with Gasteiger partial charge in [-0.1, -0.05) is 36.8 Å². The maximum absolute atomic E-state index is 5.65. The van der Waals surface area contributed by atoms with Crippen molar-refractivity contribution < 1.29 is 4.74 Å². The Morgan fingerprint density at radius 1 is 1.14 bits per heavy atom. The number of hydrogen-bond donors (Lipinski definition) is 2. The number of aliphatic imine (C=N–C) groups is 1. The van der Waals surface area contributed by atoms with Gasteiger partial charge in [0.05, 0.1) is 0 Å². The summed E-state index contributed by atoms with van der Waals surface area (Å²) >= 11 is 0. The molecule has 0 bridgehead atoms. The monoisotopic (exact) mass is 500 g/mol. The Balaban J connectivity index is 0.00000280. The lowest BCUT2D eigenvalue weighted by Crippen LogP contribution is -2.58. The summed E-state index contributed by atoms with van der Waals surface area (Å²) in [7, 11) is 1.86. The number of nitrogens with one attached hydrogen (secondary N) is 2. The number of rotatable bonds is 6. The van der Waals surface area contributed by atoms with Crippen LogP contribution in [0.1, 0.15) is 49.7 Å². The third-order valence-electron chi connectivity index (χ3n) is 6.23. The van der Waals surface area contributed by atoms with E-state index in [2.05, 4.69) is 58.6 Å². The Bertz CT molecular complexity index is 607. The van der Waals surface area contributed by atoms with Crippen LogP contribution in [0, 0.1) is 6.92 Å². The smallest absolute Gasteiger partial charge is 0.191 e. The zero-order valence-corrected chi connectivity index (χ0v) is 20.0. The molecule has 3 rings (SSSR count). The van der Waals surface area contributed by atoms with Crippen LogP contribution in [-0.4, -0.2) is 62.8 Å². The van der Waals surface area contributed by atoms with Crippen LogP contribution < -0.4 is 10.6 Å². The van der Waals surface area contributed by atoms with Gasteiger partial charge in [-0.25, -0.2) is 0 Å². The zero-order valence-electron chi connectivity index (χ0n) is 17.7. The predicted octanol–water partition coefficient (Wildman–Crippen LogP) is 3.53. The van der Waals surface area contributed by atoms with Crippen LogP contribution in [0.4, 0.5) is 0 Å². The summed E-state index contributed by atoms with van der Waals surface area (Å²) in [5.74, 6) is 1.35. The van der Waals surface area contributed by atoms with Crippen molar-refractivity contribution in [3.8, 4) is 0 Å². The fourth-order valence-electron chi connectivity index (χ4n) is 4.28.